The zero-order valence-corrected chi connectivity index (χ0v) is 13.7. The zero-order valence-electron chi connectivity index (χ0n) is 13.7. The second-order valence-corrected chi connectivity index (χ2v) is 6.12. The van der Waals surface area contributed by atoms with Crippen LogP contribution in [0.15, 0.2) is 21.9 Å². The highest BCUT2D eigenvalue weighted by molar-refractivity contribution is 5.71. The average molecular weight is 381 g/mol. The number of nitrogen functional groups attached to an aromatic ring is 1. The Labute approximate surface area is 149 Å². The van der Waals surface area contributed by atoms with Gasteiger partial charge in [0.15, 0.2) is 23.6 Å². The van der Waals surface area contributed by atoms with E-state index in [1.54, 1.807) is 6.07 Å². The quantitative estimate of drug-likeness (QED) is 0.339. The van der Waals surface area contributed by atoms with Crippen LogP contribution in [0.2, 0.25) is 0 Å². The number of aliphatic hydroxyl groups is 2. The molecule has 0 bridgehead atoms. The van der Waals surface area contributed by atoms with Gasteiger partial charge >= 0.3 is 5.69 Å². The number of rotatable bonds is 4. The van der Waals surface area contributed by atoms with Crippen molar-refractivity contribution in [2.24, 2.45) is 0 Å². The molecule has 0 unspecified atom stereocenters. The molecule has 4 heterocycles. The first kappa shape index (κ1) is 17.4. The first-order valence-corrected chi connectivity index (χ1v) is 7.99. The lowest BCUT2D eigenvalue weighted by atomic mass is 10.1. The van der Waals surface area contributed by atoms with Gasteiger partial charge in [-0.1, -0.05) is 0 Å². The van der Waals surface area contributed by atoms with Crippen molar-refractivity contribution in [1.29, 1.82) is 0 Å². The van der Waals surface area contributed by atoms with Crippen LogP contribution in [0, 0.1) is 0 Å². The number of H-pyrrole nitrogens is 2. The minimum absolute atomic E-state index is 0.0442. The van der Waals surface area contributed by atoms with Crippen molar-refractivity contribution >= 4 is 17.1 Å². The van der Waals surface area contributed by atoms with E-state index in [2.05, 4.69) is 20.2 Å². The van der Waals surface area contributed by atoms with Gasteiger partial charge in [-0.25, -0.2) is 13.8 Å². The number of nitrogens with two attached hydrogens (primary N) is 1. The van der Waals surface area contributed by atoms with Gasteiger partial charge in [-0.05, 0) is 6.07 Å². The standard InChI is InChI=1S/C14H16FN7O5/c15-7-6(4-23)27-12(9(7)24)22-10-8(18-14(22)26)11(25)21(13(16)19-10)3-5-1-2-17-20-5/h1-2,6-7,9,12,23-24H,3-4H2,(H2,16,19)(H,17,20)(H,18,26)/t6-,7-,9-,12-/m1/s1. The highest BCUT2D eigenvalue weighted by atomic mass is 19.1. The predicted octanol–water partition coefficient (Wildman–Crippen LogP) is -2.17. The topological polar surface area (TPSA) is 177 Å². The van der Waals surface area contributed by atoms with Crippen molar-refractivity contribution in [3.05, 3.63) is 38.8 Å². The van der Waals surface area contributed by atoms with E-state index in [1.165, 1.54) is 6.20 Å². The number of aromatic amines is 2. The molecular formula is C14H16FN7O5. The average Bonchev–Trinajstić information content (AvgIpc) is 3.33. The summed E-state index contributed by atoms with van der Waals surface area (Å²) in [6, 6.07) is 1.64. The van der Waals surface area contributed by atoms with E-state index >= 15 is 0 Å². The number of fused-ring (bicyclic) bond motifs is 1. The molecule has 0 spiro atoms. The summed E-state index contributed by atoms with van der Waals surface area (Å²) in [7, 11) is 0. The Balaban J connectivity index is 1.84. The molecule has 1 saturated heterocycles. The Morgan fingerprint density at radius 3 is 2.81 bits per heavy atom. The van der Waals surface area contributed by atoms with E-state index in [1.807, 2.05) is 0 Å². The Morgan fingerprint density at radius 1 is 1.41 bits per heavy atom. The molecule has 3 aromatic rings. The normalized spacial score (nSPS) is 25.4. The molecule has 144 valence electrons. The maximum absolute atomic E-state index is 14.0. The molecule has 0 saturated carbocycles. The van der Waals surface area contributed by atoms with Gasteiger partial charge in [0.1, 0.15) is 12.2 Å². The van der Waals surface area contributed by atoms with Crippen LogP contribution in [-0.4, -0.2) is 64.5 Å². The van der Waals surface area contributed by atoms with E-state index in [9.17, 15) is 19.1 Å². The van der Waals surface area contributed by atoms with Crippen molar-refractivity contribution in [3.63, 3.8) is 0 Å². The summed E-state index contributed by atoms with van der Waals surface area (Å²) in [5, 5.41) is 25.6. The number of ether oxygens (including phenoxy) is 1. The molecule has 13 heteroatoms. The summed E-state index contributed by atoms with van der Waals surface area (Å²) in [4.78, 5) is 31.5. The minimum Gasteiger partial charge on any atom is -0.394 e. The third-order valence-corrected chi connectivity index (χ3v) is 4.47. The van der Waals surface area contributed by atoms with Gasteiger partial charge < -0.3 is 20.7 Å². The maximum Gasteiger partial charge on any atom is 0.330 e. The minimum atomic E-state index is -1.91. The number of anilines is 1. The Hall–Kier alpha value is -3.03. The van der Waals surface area contributed by atoms with Crippen molar-refractivity contribution < 1.29 is 19.3 Å². The summed E-state index contributed by atoms with van der Waals surface area (Å²) in [5.74, 6) is -0.196. The molecule has 0 aliphatic carbocycles. The van der Waals surface area contributed by atoms with Gasteiger partial charge in [0.2, 0.25) is 5.95 Å². The molecule has 1 aliphatic heterocycles. The monoisotopic (exact) mass is 381 g/mol. The summed E-state index contributed by atoms with van der Waals surface area (Å²) in [6.45, 7) is -0.638. The van der Waals surface area contributed by atoms with Gasteiger partial charge in [-0.15, -0.1) is 0 Å². The fourth-order valence-electron chi connectivity index (χ4n) is 3.11. The maximum atomic E-state index is 14.0. The number of hydrogen-bond acceptors (Lipinski definition) is 8. The molecule has 1 aliphatic rings. The number of nitrogens with one attached hydrogen (secondary N) is 2. The molecular weight excluding hydrogens is 365 g/mol. The second kappa shape index (κ2) is 6.29. The van der Waals surface area contributed by atoms with Crippen LogP contribution in [0.25, 0.3) is 11.2 Å². The number of imidazole rings is 1. The molecule has 12 nitrogen and oxygen atoms in total. The number of halogens is 1. The molecule has 27 heavy (non-hydrogen) atoms. The first-order valence-electron chi connectivity index (χ1n) is 7.99. The highest BCUT2D eigenvalue weighted by Crippen LogP contribution is 2.31. The summed E-state index contributed by atoms with van der Waals surface area (Å²) >= 11 is 0. The molecule has 0 amide bonds. The van der Waals surface area contributed by atoms with Crippen LogP contribution in [0.5, 0.6) is 0 Å². The largest absolute Gasteiger partial charge is 0.394 e. The van der Waals surface area contributed by atoms with Crippen LogP contribution in [0.4, 0.5) is 10.3 Å². The number of alkyl halides is 1. The summed E-state index contributed by atoms with van der Waals surface area (Å²) in [6.07, 6.45) is -4.90. The molecule has 6 N–H and O–H groups in total. The number of nitrogens with zero attached hydrogens (tertiary/aromatic N) is 4. The predicted molar refractivity (Wildman–Crippen MR) is 88.6 cm³/mol. The van der Waals surface area contributed by atoms with E-state index in [4.69, 9.17) is 15.6 Å². The fraction of sp³-hybridized carbons (Fsp3) is 0.429. The Bertz CT molecular complexity index is 1090. The van der Waals surface area contributed by atoms with Gasteiger partial charge in [0.25, 0.3) is 5.56 Å². The molecule has 3 aromatic heterocycles. The van der Waals surface area contributed by atoms with E-state index in [0.29, 0.717) is 5.69 Å². The summed E-state index contributed by atoms with van der Waals surface area (Å²) in [5.41, 5.74) is 4.64. The molecule has 0 radical (unpaired) electrons. The van der Waals surface area contributed by atoms with Crippen LogP contribution in [0.1, 0.15) is 11.9 Å². The first-order chi connectivity index (χ1) is 12.9. The smallest absolute Gasteiger partial charge is 0.330 e. The van der Waals surface area contributed by atoms with Gasteiger partial charge in [0, 0.05) is 6.20 Å². The van der Waals surface area contributed by atoms with Crippen molar-refractivity contribution in [2.45, 2.75) is 31.2 Å². The lowest BCUT2D eigenvalue weighted by molar-refractivity contribution is -0.0510. The second-order valence-electron chi connectivity index (χ2n) is 6.12. The van der Waals surface area contributed by atoms with E-state index in [-0.39, 0.29) is 23.7 Å². The molecule has 1 fully saturated rings. The molecule has 4 rings (SSSR count). The Kier molecular flexibility index (Phi) is 4.05. The number of aliphatic hydroxyl groups excluding tert-OH is 2. The Morgan fingerprint density at radius 2 is 2.19 bits per heavy atom. The van der Waals surface area contributed by atoms with Crippen molar-refractivity contribution in [1.82, 2.24) is 29.3 Å². The summed E-state index contributed by atoms with van der Waals surface area (Å²) < 4.78 is 21.2. The lowest BCUT2D eigenvalue weighted by Crippen LogP contribution is -2.32. The molecule has 4 atom stereocenters. The number of aromatic nitrogens is 6. The number of hydrogen-bond donors (Lipinski definition) is 5. The van der Waals surface area contributed by atoms with Gasteiger partial charge in [-0.2, -0.15) is 10.1 Å². The van der Waals surface area contributed by atoms with Crippen LogP contribution in [-0.2, 0) is 11.3 Å². The third kappa shape index (κ3) is 2.63. The lowest BCUT2D eigenvalue weighted by Gasteiger charge is -2.16. The van der Waals surface area contributed by atoms with E-state index < -0.39 is 42.5 Å². The van der Waals surface area contributed by atoms with Gasteiger partial charge in [-0.3, -0.25) is 19.4 Å². The van der Waals surface area contributed by atoms with Gasteiger partial charge in [0.05, 0.1) is 18.8 Å². The third-order valence-electron chi connectivity index (χ3n) is 4.47. The molecule has 0 aromatic carbocycles. The fourth-order valence-corrected chi connectivity index (χ4v) is 3.11. The van der Waals surface area contributed by atoms with Crippen molar-refractivity contribution in [2.75, 3.05) is 12.3 Å². The van der Waals surface area contributed by atoms with Crippen molar-refractivity contribution in [3.8, 4) is 0 Å². The van der Waals surface area contributed by atoms with E-state index in [0.717, 1.165) is 9.13 Å². The van der Waals surface area contributed by atoms with Crippen LogP contribution in [0.3, 0.4) is 0 Å². The highest BCUT2D eigenvalue weighted by Gasteiger charge is 2.46. The van der Waals surface area contributed by atoms with Crippen LogP contribution < -0.4 is 17.0 Å². The SMILES string of the molecule is Nc1nc2c([nH]c(=O)n2[C@@H]2O[C@H](CO)[C@@H](F)[C@H]2O)c(=O)n1Cc1ccn[nH]1. The zero-order chi connectivity index (χ0) is 19.3. The van der Waals surface area contributed by atoms with Crippen LogP contribution >= 0.6 is 0 Å².